The molecule has 194 valence electrons. The van der Waals surface area contributed by atoms with Crippen LogP contribution in [0.3, 0.4) is 0 Å². The van der Waals surface area contributed by atoms with Crippen molar-refractivity contribution in [3.8, 4) is 0 Å². The Kier molecular flexibility index (Phi) is 11.6. The molecule has 0 nitrogen and oxygen atoms in total. The fourth-order valence-corrected chi connectivity index (χ4v) is 9.48. The molecule has 4 aliphatic rings. The summed E-state index contributed by atoms with van der Waals surface area (Å²) >= 11 is 0. The molecule has 4 fully saturated rings. The van der Waals surface area contributed by atoms with Crippen molar-refractivity contribution in [1.82, 2.24) is 0 Å². The van der Waals surface area contributed by atoms with Crippen molar-refractivity contribution >= 4 is 0 Å². The lowest BCUT2D eigenvalue weighted by Crippen LogP contribution is -2.42. The first-order valence-corrected chi connectivity index (χ1v) is 16.0. The summed E-state index contributed by atoms with van der Waals surface area (Å²) in [5.41, 5.74) is 0. The molecule has 0 heteroatoms. The largest absolute Gasteiger partial charge is 0.0654 e. The Morgan fingerprint density at radius 2 is 1.36 bits per heavy atom. The molecule has 0 aliphatic heterocycles. The highest BCUT2D eigenvalue weighted by Gasteiger charge is 2.47. The molecule has 4 saturated carbocycles. The molecule has 0 spiro atoms. The number of fused-ring (bicyclic) bond motifs is 1. The first kappa shape index (κ1) is 27.6. The zero-order chi connectivity index (χ0) is 23.8. The molecule has 0 bridgehead atoms. The van der Waals surface area contributed by atoms with Crippen LogP contribution in [0.2, 0.25) is 0 Å². The van der Waals surface area contributed by atoms with Gasteiger partial charge >= 0.3 is 0 Å². The molecule has 0 amide bonds. The van der Waals surface area contributed by atoms with Crippen molar-refractivity contribution in [3.05, 3.63) is 0 Å². The molecule has 4 aliphatic carbocycles. The van der Waals surface area contributed by atoms with Gasteiger partial charge in [0, 0.05) is 0 Å². The number of hydrogen-bond donors (Lipinski definition) is 0. The van der Waals surface area contributed by atoms with Crippen molar-refractivity contribution in [2.45, 2.75) is 151 Å². The summed E-state index contributed by atoms with van der Waals surface area (Å²) < 4.78 is 0. The highest BCUT2D eigenvalue weighted by atomic mass is 14.5. The van der Waals surface area contributed by atoms with Crippen LogP contribution in [-0.2, 0) is 0 Å². The standard InChI is InChI=1S/C22H40.C11H22/c1-4-6-12-20-16(3)14-18-10-8-13-21(18)22(20)19-11-7-9-17(5-2)15-19;1-4-10-7-6-9(3)8-11(10)5-2/h16-22H,4-15H2,1-3H3;9-11H,4-8H2,1-3H3. The predicted molar refractivity (Wildman–Crippen MR) is 147 cm³/mol. The summed E-state index contributed by atoms with van der Waals surface area (Å²) in [6.07, 6.45) is 25.6. The van der Waals surface area contributed by atoms with E-state index in [-0.39, 0.29) is 0 Å². The molecule has 33 heavy (non-hydrogen) atoms. The van der Waals surface area contributed by atoms with Crippen LogP contribution >= 0.6 is 0 Å². The van der Waals surface area contributed by atoms with Crippen molar-refractivity contribution in [1.29, 1.82) is 0 Å². The van der Waals surface area contributed by atoms with E-state index >= 15 is 0 Å². The van der Waals surface area contributed by atoms with Gasteiger partial charge in [0.05, 0.1) is 0 Å². The van der Waals surface area contributed by atoms with E-state index in [2.05, 4.69) is 41.5 Å². The molecule has 0 aromatic heterocycles. The fourth-order valence-electron chi connectivity index (χ4n) is 9.48. The Morgan fingerprint density at radius 1 is 0.636 bits per heavy atom. The number of unbranched alkanes of at least 4 members (excludes halogenated alkanes) is 1. The Labute approximate surface area is 209 Å². The molecule has 0 aromatic rings. The summed E-state index contributed by atoms with van der Waals surface area (Å²) in [5.74, 6) is 10.7. The van der Waals surface area contributed by atoms with Crippen molar-refractivity contribution in [3.63, 3.8) is 0 Å². The Hall–Kier alpha value is 0. The van der Waals surface area contributed by atoms with Gasteiger partial charge in [-0.05, 0) is 97.7 Å². The van der Waals surface area contributed by atoms with Gasteiger partial charge in [-0.1, -0.05) is 112 Å². The first-order valence-electron chi connectivity index (χ1n) is 16.0. The first-order chi connectivity index (χ1) is 16.0. The summed E-state index contributed by atoms with van der Waals surface area (Å²) in [6.45, 7) is 14.5. The molecule has 0 saturated heterocycles. The van der Waals surface area contributed by atoms with Crippen molar-refractivity contribution in [2.24, 2.45) is 59.2 Å². The molecule has 0 radical (unpaired) electrons. The maximum absolute atomic E-state index is 2.61. The van der Waals surface area contributed by atoms with E-state index in [1.54, 1.807) is 44.9 Å². The van der Waals surface area contributed by atoms with Gasteiger partial charge in [0.2, 0.25) is 0 Å². The number of hydrogen-bond acceptors (Lipinski definition) is 0. The second-order valence-electron chi connectivity index (χ2n) is 13.4. The van der Waals surface area contributed by atoms with Crippen LogP contribution < -0.4 is 0 Å². The van der Waals surface area contributed by atoms with E-state index in [4.69, 9.17) is 0 Å². The van der Waals surface area contributed by atoms with Gasteiger partial charge in [-0.15, -0.1) is 0 Å². The van der Waals surface area contributed by atoms with Gasteiger partial charge in [0.25, 0.3) is 0 Å². The third kappa shape index (κ3) is 7.26. The molecule has 0 heterocycles. The van der Waals surface area contributed by atoms with Crippen LogP contribution in [0.5, 0.6) is 0 Å². The lowest BCUT2D eigenvalue weighted by atomic mass is 9.56. The molecule has 10 unspecified atom stereocenters. The Bertz CT molecular complexity index is 522. The zero-order valence-electron chi connectivity index (χ0n) is 23.8. The van der Waals surface area contributed by atoms with Crippen LogP contribution in [0.1, 0.15) is 151 Å². The van der Waals surface area contributed by atoms with Gasteiger partial charge < -0.3 is 0 Å². The predicted octanol–water partition coefficient (Wildman–Crippen LogP) is 10.9. The summed E-state index contributed by atoms with van der Waals surface area (Å²) in [7, 11) is 0. The monoisotopic (exact) mass is 458 g/mol. The van der Waals surface area contributed by atoms with Gasteiger partial charge in [-0.25, -0.2) is 0 Å². The lowest BCUT2D eigenvalue weighted by Gasteiger charge is -2.50. The van der Waals surface area contributed by atoms with Crippen LogP contribution in [0.25, 0.3) is 0 Å². The van der Waals surface area contributed by atoms with Crippen LogP contribution in [0.15, 0.2) is 0 Å². The Morgan fingerprint density at radius 3 is 2.06 bits per heavy atom. The second kappa shape index (κ2) is 13.9. The third-order valence-corrected chi connectivity index (χ3v) is 11.4. The highest BCUT2D eigenvalue weighted by Crippen LogP contribution is 2.56. The average molecular weight is 459 g/mol. The molecule has 10 atom stereocenters. The number of rotatable bonds is 7. The van der Waals surface area contributed by atoms with Gasteiger partial charge in [0.1, 0.15) is 0 Å². The zero-order valence-corrected chi connectivity index (χ0v) is 23.8. The Balaban J connectivity index is 0.000000235. The topological polar surface area (TPSA) is 0 Å². The van der Waals surface area contributed by atoms with Crippen LogP contribution in [-0.4, -0.2) is 0 Å². The second-order valence-corrected chi connectivity index (χ2v) is 13.4. The quantitative estimate of drug-likeness (QED) is 0.356. The molecule has 4 rings (SSSR count). The van der Waals surface area contributed by atoms with E-state index in [9.17, 15) is 0 Å². The lowest BCUT2D eigenvalue weighted by molar-refractivity contribution is -0.00540. The smallest absolute Gasteiger partial charge is 0.0324 e. The third-order valence-electron chi connectivity index (χ3n) is 11.4. The molecule has 0 aromatic carbocycles. The van der Waals surface area contributed by atoms with Gasteiger partial charge in [-0.2, -0.15) is 0 Å². The molecular weight excluding hydrogens is 396 g/mol. The maximum atomic E-state index is 2.61. The normalized spacial score (nSPS) is 43.5. The minimum Gasteiger partial charge on any atom is -0.0654 e. The van der Waals surface area contributed by atoms with Crippen molar-refractivity contribution in [2.75, 3.05) is 0 Å². The van der Waals surface area contributed by atoms with Crippen LogP contribution in [0.4, 0.5) is 0 Å². The van der Waals surface area contributed by atoms with Gasteiger partial charge in [0.15, 0.2) is 0 Å². The minimum atomic E-state index is 1.00. The molecular formula is C33H62. The van der Waals surface area contributed by atoms with Gasteiger partial charge in [-0.3, -0.25) is 0 Å². The van der Waals surface area contributed by atoms with E-state index in [0.29, 0.717) is 0 Å². The summed E-state index contributed by atoms with van der Waals surface area (Å²) in [4.78, 5) is 0. The fraction of sp³-hybridized carbons (Fsp3) is 1.00. The highest BCUT2D eigenvalue weighted by molar-refractivity contribution is 4.97. The van der Waals surface area contributed by atoms with Crippen LogP contribution in [0, 0.1) is 59.2 Å². The van der Waals surface area contributed by atoms with E-state index in [0.717, 1.165) is 59.2 Å². The molecule has 0 N–H and O–H groups in total. The van der Waals surface area contributed by atoms with E-state index in [1.165, 1.54) is 64.2 Å². The summed E-state index contributed by atoms with van der Waals surface area (Å²) in [5, 5.41) is 0. The summed E-state index contributed by atoms with van der Waals surface area (Å²) in [6, 6.07) is 0. The maximum Gasteiger partial charge on any atom is -0.0324 e. The minimum absolute atomic E-state index is 1.00. The van der Waals surface area contributed by atoms with E-state index < -0.39 is 0 Å². The SMILES string of the molecule is CCC1CCC(C)CC1CC.CCCCC1C(C)CC2CCCC2C1C1CCCC(CC)C1. The van der Waals surface area contributed by atoms with E-state index in [1.807, 2.05) is 0 Å². The average Bonchev–Trinajstić information content (AvgIpc) is 3.30. The van der Waals surface area contributed by atoms with Crippen molar-refractivity contribution < 1.29 is 0 Å².